The minimum absolute atomic E-state index is 0.0153. The average Bonchev–Trinajstić information content (AvgIpc) is 2.67. The zero-order valence-electron chi connectivity index (χ0n) is 15.1. The number of rotatable bonds is 4. The molecule has 2 aromatic rings. The van der Waals surface area contributed by atoms with Gasteiger partial charge in [-0.05, 0) is 31.2 Å². The van der Waals surface area contributed by atoms with Crippen molar-refractivity contribution in [1.29, 1.82) is 0 Å². The van der Waals surface area contributed by atoms with Crippen molar-refractivity contribution in [3.63, 3.8) is 0 Å². The zero-order valence-corrected chi connectivity index (χ0v) is 16.7. The summed E-state index contributed by atoms with van der Waals surface area (Å²) in [6.45, 7) is 3.70. The van der Waals surface area contributed by atoms with Crippen molar-refractivity contribution in [1.82, 2.24) is 14.9 Å². The molecule has 1 aliphatic heterocycles. The van der Waals surface area contributed by atoms with E-state index in [4.69, 9.17) is 0 Å². The molecule has 1 aromatic heterocycles. The van der Waals surface area contributed by atoms with Crippen LogP contribution in [0.3, 0.4) is 0 Å². The van der Waals surface area contributed by atoms with Crippen molar-refractivity contribution in [2.45, 2.75) is 13.1 Å². The minimum atomic E-state index is -4.55. The molecule has 10 heteroatoms. The number of halogens is 4. The van der Waals surface area contributed by atoms with Crippen LogP contribution in [0.2, 0.25) is 0 Å². The molecule has 1 N–H and O–H groups in total. The van der Waals surface area contributed by atoms with Gasteiger partial charge in [-0.15, -0.1) is 0 Å². The van der Waals surface area contributed by atoms with Gasteiger partial charge in [0.05, 0.1) is 0 Å². The molecule has 1 aliphatic rings. The van der Waals surface area contributed by atoms with Crippen LogP contribution in [0.25, 0.3) is 0 Å². The first-order valence-corrected chi connectivity index (χ1v) is 9.57. The summed E-state index contributed by atoms with van der Waals surface area (Å²) in [5, 5.41) is 2.81. The molecule has 0 radical (unpaired) electrons. The van der Waals surface area contributed by atoms with Crippen molar-refractivity contribution in [2.75, 3.05) is 42.9 Å². The highest BCUT2D eigenvalue weighted by Gasteiger charge is 2.34. The van der Waals surface area contributed by atoms with Gasteiger partial charge in [0.1, 0.15) is 5.82 Å². The first-order valence-electron chi connectivity index (χ1n) is 8.78. The lowest BCUT2D eigenvalue weighted by Gasteiger charge is -2.35. The summed E-state index contributed by atoms with van der Waals surface area (Å²) < 4.78 is 40.3. The summed E-state index contributed by atoms with van der Waals surface area (Å²) in [7, 11) is 0. The van der Waals surface area contributed by atoms with Gasteiger partial charge >= 0.3 is 6.18 Å². The Morgan fingerprint density at radius 1 is 1.14 bits per heavy atom. The monoisotopic (exact) mass is 457 g/mol. The largest absolute Gasteiger partial charge is 0.433 e. The van der Waals surface area contributed by atoms with E-state index in [1.165, 1.54) is 0 Å². The number of nitrogens with zero attached hydrogens (tertiary/aromatic N) is 4. The van der Waals surface area contributed by atoms with Crippen LogP contribution in [0.15, 0.2) is 34.8 Å². The second kappa shape index (κ2) is 8.34. The topological polar surface area (TPSA) is 61.4 Å². The van der Waals surface area contributed by atoms with Gasteiger partial charge in [-0.2, -0.15) is 18.2 Å². The van der Waals surface area contributed by atoms with Crippen molar-refractivity contribution in [3.8, 4) is 0 Å². The Balaban J connectivity index is 1.73. The Labute approximate surface area is 168 Å². The highest BCUT2D eigenvalue weighted by molar-refractivity contribution is 9.10. The smallest absolute Gasteiger partial charge is 0.370 e. The molecule has 0 aliphatic carbocycles. The number of nitrogens with one attached hydrogen (secondary N) is 1. The van der Waals surface area contributed by atoms with Crippen molar-refractivity contribution in [3.05, 3.63) is 46.1 Å². The van der Waals surface area contributed by atoms with E-state index in [1.54, 1.807) is 41.0 Å². The predicted molar refractivity (Wildman–Crippen MR) is 103 cm³/mol. The molecule has 2 heterocycles. The summed E-state index contributed by atoms with van der Waals surface area (Å²) in [6.07, 6.45) is -4.55. The first-order chi connectivity index (χ1) is 13.3. The van der Waals surface area contributed by atoms with Gasteiger partial charge in [0.15, 0.2) is 5.69 Å². The Kier molecular flexibility index (Phi) is 6.07. The predicted octanol–water partition coefficient (Wildman–Crippen LogP) is 3.65. The fraction of sp³-hybridized carbons (Fsp3) is 0.389. The van der Waals surface area contributed by atoms with Crippen LogP contribution in [-0.2, 0) is 6.18 Å². The average molecular weight is 458 g/mol. The van der Waals surface area contributed by atoms with Crippen LogP contribution < -0.4 is 10.2 Å². The summed E-state index contributed by atoms with van der Waals surface area (Å²) >= 11 is 3.33. The number of hydrogen-bond donors (Lipinski definition) is 1. The van der Waals surface area contributed by atoms with Crippen LogP contribution in [0.4, 0.5) is 24.9 Å². The molecule has 0 unspecified atom stereocenters. The fourth-order valence-corrected chi connectivity index (χ4v) is 3.14. The lowest BCUT2D eigenvalue weighted by Crippen LogP contribution is -2.49. The number of anilines is 2. The molecule has 1 saturated heterocycles. The van der Waals surface area contributed by atoms with E-state index in [1.807, 2.05) is 0 Å². The quantitative estimate of drug-likeness (QED) is 0.758. The van der Waals surface area contributed by atoms with Gasteiger partial charge in [0.2, 0.25) is 5.95 Å². The molecule has 1 aromatic carbocycles. The van der Waals surface area contributed by atoms with Crippen LogP contribution >= 0.6 is 15.9 Å². The highest BCUT2D eigenvalue weighted by atomic mass is 79.9. The van der Waals surface area contributed by atoms with Crippen LogP contribution in [0.5, 0.6) is 0 Å². The molecule has 0 bridgehead atoms. The molecular formula is C18H19BrF3N5O. The summed E-state index contributed by atoms with van der Waals surface area (Å²) in [5.41, 5.74) is -0.414. The van der Waals surface area contributed by atoms with Gasteiger partial charge < -0.3 is 15.1 Å². The van der Waals surface area contributed by atoms with E-state index in [9.17, 15) is 18.0 Å². The maximum Gasteiger partial charge on any atom is 0.433 e. The Hall–Kier alpha value is -2.36. The number of aromatic nitrogens is 2. The SMILES string of the molecule is CCNc1cc(C(F)(F)F)nc(N2CCN(C(=O)c3ccc(Br)cc3)CC2)n1. The number of alkyl halides is 3. The first kappa shape index (κ1) is 20.4. The maximum atomic E-state index is 13.1. The van der Waals surface area contributed by atoms with Gasteiger partial charge in [-0.3, -0.25) is 4.79 Å². The number of piperazine rings is 1. The molecule has 150 valence electrons. The van der Waals surface area contributed by atoms with Gasteiger partial charge in [-0.1, -0.05) is 15.9 Å². The van der Waals surface area contributed by atoms with Gasteiger partial charge in [-0.25, -0.2) is 4.98 Å². The third-order valence-electron chi connectivity index (χ3n) is 4.30. The number of amides is 1. The fourth-order valence-electron chi connectivity index (χ4n) is 2.88. The molecule has 1 amide bonds. The third kappa shape index (κ3) is 4.73. The van der Waals surface area contributed by atoms with Crippen molar-refractivity contribution in [2.24, 2.45) is 0 Å². The molecule has 3 rings (SSSR count). The number of hydrogen-bond acceptors (Lipinski definition) is 5. The van der Waals surface area contributed by atoms with E-state index in [0.717, 1.165) is 10.5 Å². The molecule has 0 saturated carbocycles. The van der Waals surface area contributed by atoms with Crippen molar-refractivity contribution < 1.29 is 18.0 Å². The summed E-state index contributed by atoms with van der Waals surface area (Å²) in [5.74, 6) is 0.0418. The summed E-state index contributed by atoms with van der Waals surface area (Å²) in [6, 6.07) is 7.96. The second-order valence-corrected chi connectivity index (χ2v) is 7.17. The number of carbonyl (C=O) groups excluding carboxylic acids is 1. The highest BCUT2D eigenvalue weighted by Crippen LogP contribution is 2.30. The van der Waals surface area contributed by atoms with Gasteiger partial charge in [0.25, 0.3) is 5.91 Å². The molecule has 1 fully saturated rings. The lowest BCUT2D eigenvalue weighted by atomic mass is 10.2. The van der Waals surface area contributed by atoms with Crippen molar-refractivity contribution >= 4 is 33.6 Å². The van der Waals surface area contributed by atoms with E-state index >= 15 is 0 Å². The minimum Gasteiger partial charge on any atom is -0.370 e. The summed E-state index contributed by atoms with van der Waals surface area (Å²) in [4.78, 5) is 23.8. The molecular weight excluding hydrogens is 439 g/mol. The van der Waals surface area contributed by atoms with Gasteiger partial charge in [0, 0.05) is 48.8 Å². The van der Waals surface area contributed by atoms with E-state index in [0.29, 0.717) is 38.3 Å². The molecule has 28 heavy (non-hydrogen) atoms. The maximum absolute atomic E-state index is 13.1. The Morgan fingerprint density at radius 2 is 1.79 bits per heavy atom. The second-order valence-electron chi connectivity index (χ2n) is 6.25. The van der Waals surface area contributed by atoms with Crippen LogP contribution in [0, 0.1) is 0 Å². The van der Waals surface area contributed by atoms with E-state index in [-0.39, 0.29) is 17.7 Å². The molecule has 0 atom stereocenters. The van der Waals surface area contributed by atoms with E-state index < -0.39 is 11.9 Å². The normalized spacial score (nSPS) is 14.9. The zero-order chi connectivity index (χ0) is 20.3. The molecule has 0 spiro atoms. The van der Waals surface area contributed by atoms with Crippen LogP contribution in [0.1, 0.15) is 23.0 Å². The van der Waals surface area contributed by atoms with Crippen LogP contribution in [-0.4, -0.2) is 53.5 Å². The molecule has 6 nitrogen and oxygen atoms in total. The Morgan fingerprint density at radius 3 is 2.36 bits per heavy atom. The third-order valence-corrected chi connectivity index (χ3v) is 4.83. The number of benzene rings is 1. The van der Waals surface area contributed by atoms with E-state index in [2.05, 4.69) is 31.2 Å². The Bertz CT molecular complexity index is 836. The standard InChI is InChI=1S/C18H19BrF3N5O/c1-2-23-15-11-14(18(20,21)22)24-17(25-15)27-9-7-26(8-10-27)16(28)12-3-5-13(19)6-4-12/h3-6,11H,2,7-10H2,1H3,(H,23,24,25). The number of carbonyl (C=O) groups is 1. The lowest BCUT2D eigenvalue weighted by molar-refractivity contribution is -0.141.